The Morgan fingerprint density at radius 3 is 2.62 bits per heavy atom. The number of benzene rings is 1. The third-order valence-electron chi connectivity index (χ3n) is 9.43. The first-order valence-corrected chi connectivity index (χ1v) is 11.9. The largest absolute Gasteiger partial charge is 0.490 e. The fraction of sp³-hybridized carbons (Fsp3) is 0.720. The quantitative estimate of drug-likeness (QED) is 0.651. The van der Waals surface area contributed by atoms with Gasteiger partial charge in [-0.25, -0.2) is 0 Å². The minimum absolute atomic E-state index is 0.250. The highest BCUT2D eigenvalue weighted by molar-refractivity contribution is 6.31. The number of halogens is 1. The number of fused-ring (bicyclic) bond motifs is 5. The zero-order valence-corrected chi connectivity index (χ0v) is 18.7. The van der Waals surface area contributed by atoms with E-state index in [-0.39, 0.29) is 22.8 Å². The Morgan fingerprint density at radius 1 is 1.03 bits per heavy atom. The van der Waals surface area contributed by atoms with Crippen LogP contribution in [0.25, 0.3) is 0 Å². The van der Waals surface area contributed by atoms with Gasteiger partial charge in [0.05, 0.1) is 0 Å². The first kappa shape index (κ1) is 19.7. The summed E-state index contributed by atoms with van der Waals surface area (Å²) in [5.74, 6) is 3.44. The molecule has 3 saturated carbocycles. The van der Waals surface area contributed by atoms with Crippen LogP contribution in [0.2, 0.25) is 5.02 Å². The molecule has 3 nitrogen and oxygen atoms in total. The summed E-state index contributed by atoms with van der Waals surface area (Å²) >= 11 is 6.34. The molecule has 1 aromatic carbocycles. The maximum Gasteiger partial charge on any atom is 0.220 e. The number of amides is 1. The smallest absolute Gasteiger partial charge is 0.220 e. The van der Waals surface area contributed by atoms with Crippen LogP contribution >= 0.6 is 11.6 Å². The molecule has 1 N–H and O–H groups in total. The summed E-state index contributed by atoms with van der Waals surface area (Å²) in [6, 6.07) is 6.50. The molecule has 1 heterocycles. The average Bonchev–Trinajstić information content (AvgIpc) is 3.02. The third kappa shape index (κ3) is 3.02. The molecule has 0 aromatic heterocycles. The topological polar surface area (TPSA) is 38.3 Å². The van der Waals surface area contributed by atoms with Gasteiger partial charge in [-0.2, -0.15) is 0 Å². The lowest BCUT2D eigenvalue weighted by molar-refractivity contribution is -0.137. The monoisotopic (exact) mass is 415 g/mol. The zero-order chi connectivity index (χ0) is 20.4. The molecule has 1 saturated heterocycles. The van der Waals surface area contributed by atoms with Crippen LogP contribution in [-0.4, -0.2) is 18.1 Å². The minimum atomic E-state index is 0.250. The number of hydrogen-bond acceptors (Lipinski definition) is 2. The van der Waals surface area contributed by atoms with Gasteiger partial charge in [0.1, 0.15) is 11.9 Å². The highest BCUT2D eigenvalue weighted by Crippen LogP contribution is 2.64. The van der Waals surface area contributed by atoms with E-state index in [9.17, 15) is 4.79 Å². The molecule has 0 radical (unpaired) electrons. The van der Waals surface area contributed by atoms with E-state index >= 15 is 0 Å². The van der Waals surface area contributed by atoms with E-state index < -0.39 is 0 Å². The van der Waals surface area contributed by atoms with Crippen molar-refractivity contribution in [3.8, 4) is 5.75 Å². The van der Waals surface area contributed by atoms with Gasteiger partial charge < -0.3 is 10.1 Å². The van der Waals surface area contributed by atoms with Crippen LogP contribution in [0.5, 0.6) is 5.75 Å². The summed E-state index contributed by atoms with van der Waals surface area (Å²) in [5.41, 5.74) is 1.63. The molecule has 4 fully saturated rings. The minimum Gasteiger partial charge on any atom is -0.490 e. The maximum absolute atomic E-state index is 12.0. The van der Waals surface area contributed by atoms with Gasteiger partial charge in [-0.05, 0) is 92.7 Å². The number of rotatable bonds is 2. The summed E-state index contributed by atoms with van der Waals surface area (Å²) < 4.78 is 6.57. The molecule has 0 spiro atoms. The Morgan fingerprint density at radius 2 is 1.83 bits per heavy atom. The van der Waals surface area contributed by atoms with Crippen molar-refractivity contribution in [1.82, 2.24) is 5.32 Å². The second kappa shape index (κ2) is 6.90. The molecule has 29 heavy (non-hydrogen) atoms. The Labute approximate surface area is 179 Å². The Bertz CT molecular complexity index is 825. The second-order valence-corrected chi connectivity index (χ2v) is 11.1. The van der Waals surface area contributed by atoms with E-state index in [1.165, 1.54) is 25.7 Å². The molecule has 1 aliphatic heterocycles. The van der Waals surface area contributed by atoms with Crippen molar-refractivity contribution in [1.29, 1.82) is 0 Å². The molecule has 5 rings (SSSR count). The number of carbonyl (C=O) groups is 1. The van der Waals surface area contributed by atoms with Crippen molar-refractivity contribution in [3.63, 3.8) is 0 Å². The van der Waals surface area contributed by atoms with Crippen LogP contribution in [-0.2, 0) is 4.79 Å². The normalized spacial score (nSPS) is 43.7. The van der Waals surface area contributed by atoms with Crippen molar-refractivity contribution in [2.75, 3.05) is 0 Å². The van der Waals surface area contributed by atoms with Gasteiger partial charge in [-0.15, -0.1) is 0 Å². The van der Waals surface area contributed by atoms with Gasteiger partial charge in [-0.3, -0.25) is 4.79 Å². The molecule has 7 atom stereocenters. The molecule has 3 aliphatic carbocycles. The molecule has 2 unspecified atom stereocenters. The predicted molar refractivity (Wildman–Crippen MR) is 116 cm³/mol. The van der Waals surface area contributed by atoms with Crippen LogP contribution in [0.1, 0.15) is 70.8 Å². The van der Waals surface area contributed by atoms with Gasteiger partial charge in [0.25, 0.3) is 0 Å². The van der Waals surface area contributed by atoms with Crippen molar-refractivity contribution < 1.29 is 9.53 Å². The molecule has 1 amide bonds. The van der Waals surface area contributed by atoms with Crippen LogP contribution in [0, 0.1) is 35.5 Å². The van der Waals surface area contributed by atoms with Crippen molar-refractivity contribution in [2.24, 2.45) is 28.6 Å². The van der Waals surface area contributed by atoms with Gasteiger partial charge >= 0.3 is 0 Å². The molecule has 4 aliphatic rings. The summed E-state index contributed by atoms with van der Waals surface area (Å²) in [6.45, 7) is 6.98. The maximum atomic E-state index is 12.0. The van der Waals surface area contributed by atoms with E-state index in [1.54, 1.807) is 0 Å². The first-order valence-electron chi connectivity index (χ1n) is 11.5. The molecule has 1 aromatic rings. The van der Waals surface area contributed by atoms with Crippen molar-refractivity contribution >= 4 is 17.5 Å². The van der Waals surface area contributed by atoms with E-state index in [0.717, 1.165) is 53.4 Å². The highest BCUT2D eigenvalue weighted by atomic mass is 35.5. The number of piperidine rings is 1. The lowest BCUT2D eigenvalue weighted by atomic mass is 9.47. The van der Waals surface area contributed by atoms with Crippen LogP contribution in [0.15, 0.2) is 18.2 Å². The molecular weight excluding hydrogens is 382 g/mol. The second-order valence-electron chi connectivity index (χ2n) is 10.7. The van der Waals surface area contributed by atoms with Crippen molar-refractivity contribution in [2.45, 2.75) is 84.3 Å². The number of aryl methyl sites for hydroxylation is 1. The number of hydrogen-bond donors (Lipinski definition) is 1. The summed E-state index contributed by atoms with van der Waals surface area (Å²) in [7, 11) is 0. The number of ether oxygens (including phenoxy) is 1. The van der Waals surface area contributed by atoms with E-state index in [1.807, 2.05) is 13.0 Å². The standard InChI is InChI=1S/C25H34ClNO2/c1-15-4-5-16(14-20(15)26)29-22-9-7-18-17-6-8-21-24(2,13-11-23(28)27-21)19(17)10-12-25(18,22)3/h4-5,14,17-19,21-22H,6-13H2,1-3H3,(H,27,28)/t17-,18-,19+,21?,22?,24+,25-/m0/s1. The average molecular weight is 416 g/mol. The predicted octanol–water partition coefficient (Wildman–Crippen LogP) is 5.92. The van der Waals surface area contributed by atoms with Gasteiger partial charge in [0.15, 0.2) is 0 Å². The van der Waals surface area contributed by atoms with Crippen LogP contribution < -0.4 is 10.1 Å². The van der Waals surface area contributed by atoms with E-state index in [4.69, 9.17) is 16.3 Å². The van der Waals surface area contributed by atoms with Crippen LogP contribution in [0.3, 0.4) is 0 Å². The Hall–Kier alpha value is -1.22. The van der Waals surface area contributed by atoms with Crippen molar-refractivity contribution in [3.05, 3.63) is 28.8 Å². The first-order chi connectivity index (χ1) is 13.8. The number of carbonyl (C=O) groups excluding carboxylic acids is 1. The van der Waals surface area contributed by atoms with E-state index in [0.29, 0.717) is 12.5 Å². The van der Waals surface area contributed by atoms with E-state index in [2.05, 4.69) is 31.3 Å². The van der Waals surface area contributed by atoms with Gasteiger partial charge in [0.2, 0.25) is 5.91 Å². The fourth-order valence-electron chi connectivity index (χ4n) is 7.66. The molecule has 158 valence electrons. The van der Waals surface area contributed by atoms with Gasteiger partial charge in [-0.1, -0.05) is 31.5 Å². The fourth-order valence-corrected chi connectivity index (χ4v) is 7.83. The lowest BCUT2D eigenvalue weighted by Gasteiger charge is -2.60. The third-order valence-corrected chi connectivity index (χ3v) is 9.84. The lowest BCUT2D eigenvalue weighted by Crippen LogP contribution is -2.61. The zero-order valence-electron chi connectivity index (χ0n) is 18.0. The van der Waals surface area contributed by atoms with Gasteiger partial charge in [0, 0.05) is 22.9 Å². The molecule has 4 heteroatoms. The Balaban J connectivity index is 1.36. The molecular formula is C25H34ClNO2. The molecule has 0 bridgehead atoms. The summed E-state index contributed by atoms with van der Waals surface area (Å²) in [4.78, 5) is 12.0. The summed E-state index contributed by atoms with van der Waals surface area (Å²) in [5, 5.41) is 4.12. The SMILES string of the molecule is Cc1ccc(OC2CC[C@H]3[C@@H]4CCC5NC(=O)CC[C@]5(C)[C@@H]4CC[C@]23C)cc1Cl. The summed E-state index contributed by atoms with van der Waals surface area (Å²) in [6.07, 6.45) is 9.39. The Kier molecular flexibility index (Phi) is 4.70. The highest BCUT2D eigenvalue weighted by Gasteiger charge is 2.61. The number of nitrogens with one attached hydrogen (secondary N) is 1. The van der Waals surface area contributed by atoms with Crippen LogP contribution in [0.4, 0.5) is 0 Å².